The van der Waals surface area contributed by atoms with E-state index in [9.17, 15) is 4.79 Å². The molecule has 1 aromatic rings. The molecule has 122 valence electrons. The summed E-state index contributed by atoms with van der Waals surface area (Å²) in [5.74, 6) is 0.742. The Balaban J connectivity index is 1.82. The summed E-state index contributed by atoms with van der Waals surface area (Å²) in [4.78, 5) is 16.8. The van der Waals surface area contributed by atoms with Gasteiger partial charge < -0.3 is 10.2 Å². The first-order chi connectivity index (χ1) is 10.5. The van der Waals surface area contributed by atoms with Gasteiger partial charge in [0.25, 0.3) is 0 Å². The van der Waals surface area contributed by atoms with E-state index in [1.165, 1.54) is 12.0 Å². The molecule has 0 spiro atoms. The number of nitrogens with zero attached hydrogens (tertiary/aromatic N) is 2. The Kier molecular flexibility index (Phi) is 5.83. The Morgan fingerprint density at radius 1 is 1.18 bits per heavy atom. The molecule has 1 aromatic carbocycles. The lowest BCUT2D eigenvalue weighted by molar-refractivity contribution is 0.143. The van der Waals surface area contributed by atoms with Gasteiger partial charge >= 0.3 is 6.03 Å². The summed E-state index contributed by atoms with van der Waals surface area (Å²) in [6, 6.07) is 6.14. The molecule has 0 bridgehead atoms. The number of aryl methyl sites for hydroxylation is 2. The van der Waals surface area contributed by atoms with Gasteiger partial charge in [0.05, 0.1) is 0 Å². The number of benzene rings is 1. The van der Waals surface area contributed by atoms with Crippen molar-refractivity contribution in [1.82, 2.24) is 9.80 Å². The second kappa shape index (κ2) is 7.63. The highest BCUT2D eigenvalue weighted by Crippen LogP contribution is 2.17. The van der Waals surface area contributed by atoms with Crippen LogP contribution in [-0.2, 0) is 0 Å². The third-order valence-corrected chi connectivity index (χ3v) is 4.31. The van der Waals surface area contributed by atoms with Crippen LogP contribution < -0.4 is 5.32 Å². The van der Waals surface area contributed by atoms with Gasteiger partial charge in [-0.1, -0.05) is 31.5 Å². The second-order valence-corrected chi connectivity index (χ2v) is 6.76. The molecule has 22 heavy (non-hydrogen) atoms. The first kappa shape index (κ1) is 16.8. The molecule has 1 aliphatic heterocycles. The van der Waals surface area contributed by atoms with Crippen molar-refractivity contribution >= 4 is 11.7 Å². The molecule has 1 heterocycles. The van der Waals surface area contributed by atoms with E-state index >= 15 is 0 Å². The standard InChI is InChI=1S/C18H29N3O/c1-14(2)7-8-20-9-11-21(12-10-20)18(22)19-17-6-5-15(3)13-16(17)4/h5-6,13-14H,7-12H2,1-4H3,(H,19,22). The van der Waals surface area contributed by atoms with Crippen molar-refractivity contribution in [2.45, 2.75) is 34.1 Å². The zero-order chi connectivity index (χ0) is 16.1. The summed E-state index contributed by atoms with van der Waals surface area (Å²) in [6.07, 6.45) is 1.23. The molecule has 1 fully saturated rings. The number of hydrogen-bond donors (Lipinski definition) is 1. The molecule has 2 rings (SSSR count). The minimum absolute atomic E-state index is 0.0236. The van der Waals surface area contributed by atoms with Crippen molar-refractivity contribution in [1.29, 1.82) is 0 Å². The van der Waals surface area contributed by atoms with Gasteiger partial charge in [0.1, 0.15) is 0 Å². The number of urea groups is 1. The van der Waals surface area contributed by atoms with Crippen LogP contribution in [0, 0.1) is 19.8 Å². The van der Waals surface area contributed by atoms with Gasteiger partial charge in [-0.05, 0) is 44.4 Å². The zero-order valence-electron chi connectivity index (χ0n) is 14.4. The molecule has 0 aromatic heterocycles. The number of piperazine rings is 1. The molecule has 0 aliphatic carbocycles. The SMILES string of the molecule is Cc1ccc(NC(=O)N2CCN(CCC(C)C)CC2)c(C)c1. The van der Waals surface area contributed by atoms with Crippen LogP contribution in [0.3, 0.4) is 0 Å². The Hall–Kier alpha value is -1.55. The number of anilines is 1. The number of rotatable bonds is 4. The molecule has 4 heteroatoms. The van der Waals surface area contributed by atoms with Crippen LogP contribution in [0.15, 0.2) is 18.2 Å². The van der Waals surface area contributed by atoms with Gasteiger partial charge in [0, 0.05) is 31.9 Å². The van der Waals surface area contributed by atoms with E-state index in [0.717, 1.165) is 49.9 Å². The quantitative estimate of drug-likeness (QED) is 0.924. The molecule has 0 saturated carbocycles. The molecule has 1 N–H and O–H groups in total. The smallest absolute Gasteiger partial charge is 0.321 e. The van der Waals surface area contributed by atoms with Crippen molar-refractivity contribution in [2.24, 2.45) is 5.92 Å². The summed E-state index contributed by atoms with van der Waals surface area (Å²) >= 11 is 0. The van der Waals surface area contributed by atoms with E-state index in [1.807, 2.05) is 24.0 Å². The average molecular weight is 303 g/mol. The second-order valence-electron chi connectivity index (χ2n) is 6.76. The van der Waals surface area contributed by atoms with Crippen LogP contribution in [0.1, 0.15) is 31.4 Å². The summed E-state index contributed by atoms with van der Waals surface area (Å²) < 4.78 is 0. The highest BCUT2D eigenvalue weighted by Gasteiger charge is 2.21. The largest absolute Gasteiger partial charge is 0.322 e. The molecular weight excluding hydrogens is 274 g/mol. The van der Waals surface area contributed by atoms with Crippen molar-refractivity contribution in [2.75, 3.05) is 38.0 Å². The van der Waals surface area contributed by atoms with E-state index in [0.29, 0.717) is 0 Å². The lowest BCUT2D eigenvalue weighted by atomic mass is 10.1. The van der Waals surface area contributed by atoms with Crippen LogP contribution in [-0.4, -0.2) is 48.6 Å². The van der Waals surface area contributed by atoms with Gasteiger partial charge in [0.2, 0.25) is 0 Å². The molecule has 0 atom stereocenters. The van der Waals surface area contributed by atoms with E-state index < -0.39 is 0 Å². The minimum atomic E-state index is 0.0236. The summed E-state index contributed by atoms with van der Waals surface area (Å²) in [7, 11) is 0. The number of carbonyl (C=O) groups excluding carboxylic acids is 1. The summed E-state index contributed by atoms with van der Waals surface area (Å²) in [5.41, 5.74) is 3.25. The van der Waals surface area contributed by atoms with Crippen LogP contribution in [0.5, 0.6) is 0 Å². The molecule has 2 amide bonds. The first-order valence-electron chi connectivity index (χ1n) is 8.31. The molecule has 1 aliphatic rings. The number of carbonyl (C=O) groups is 1. The van der Waals surface area contributed by atoms with E-state index in [-0.39, 0.29) is 6.03 Å². The van der Waals surface area contributed by atoms with Gasteiger partial charge in [-0.2, -0.15) is 0 Å². The van der Waals surface area contributed by atoms with Crippen LogP contribution in [0.25, 0.3) is 0 Å². The first-order valence-corrected chi connectivity index (χ1v) is 8.31. The lowest BCUT2D eigenvalue weighted by Crippen LogP contribution is -2.50. The summed E-state index contributed by atoms with van der Waals surface area (Å²) in [6.45, 7) is 13.3. The third kappa shape index (κ3) is 4.73. The van der Waals surface area contributed by atoms with Crippen molar-refractivity contribution in [3.8, 4) is 0 Å². The molecule has 0 unspecified atom stereocenters. The summed E-state index contributed by atoms with van der Waals surface area (Å²) in [5, 5.41) is 3.04. The van der Waals surface area contributed by atoms with Gasteiger partial charge in [-0.3, -0.25) is 4.90 Å². The Morgan fingerprint density at radius 2 is 1.86 bits per heavy atom. The molecule has 1 saturated heterocycles. The molecular formula is C18H29N3O. The fraction of sp³-hybridized carbons (Fsp3) is 0.611. The Bertz CT molecular complexity index is 505. The maximum atomic E-state index is 12.4. The number of amides is 2. The van der Waals surface area contributed by atoms with Gasteiger partial charge in [0.15, 0.2) is 0 Å². The minimum Gasteiger partial charge on any atom is -0.322 e. The topological polar surface area (TPSA) is 35.6 Å². The maximum absolute atomic E-state index is 12.4. The predicted octanol–water partition coefficient (Wildman–Crippen LogP) is 3.50. The number of nitrogens with one attached hydrogen (secondary N) is 1. The monoisotopic (exact) mass is 303 g/mol. The van der Waals surface area contributed by atoms with Crippen LogP contribution in [0.4, 0.5) is 10.5 Å². The van der Waals surface area contributed by atoms with Crippen LogP contribution >= 0.6 is 0 Å². The Labute approximate surface area is 134 Å². The van der Waals surface area contributed by atoms with E-state index in [4.69, 9.17) is 0 Å². The van der Waals surface area contributed by atoms with Crippen LogP contribution in [0.2, 0.25) is 0 Å². The average Bonchev–Trinajstić information content (AvgIpc) is 2.48. The van der Waals surface area contributed by atoms with Crippen molar-refractivity contribution < 1.29 is 4.79 Å². The van der Waals surface area contributed by atoms with E-state index in [1.54, 1.807) is 0 Å². The molecule has 4 nitrogen and oxygen atoms in total. The fourth-order valence-electron chi connectivity index (χ4n) is 2.76. The van der Waals surface area contributed by atoms with Crippen molar-refractivity contribution in [3.63, 3.8) is 0 Å². The van der Waals surface area contributed by atoms with E-state index in [2.05, 4.69) is 37.1 Å². The van der Waals surface area contributed by atoms with Gasteiger partial charge in [-0.15, -0.1) is 0 Å². The van der Waals surface area contributed by atoms with Crippen molar-refractivity contribution in [3.05, 3.63) is 29.3 Å². The maximum Gasteiger partial charge on any atom is 0.321 e. The van der Waals surface area contributed by atoms with Gasteiger partial charge in [-0.25, -0.2) is 4.79 Å². The molecule has 0 radical (unpaired) electrons. The highest BCUT2D eigenvalue weighted by atomic mass is 16.2. The third-order valence-electron chi connectivity index (χ3n) is 4.31. The number of hydrogen-bond acceptors (Lipinski definition) is 2. The highest BCUT2D eigenvalue weighted by molar-refractivity contribution is 5.90. The predicted molar refractivity (Wildman–Crippen MR) is 92.4 cm³/mol. The fourth-order valence-corrected chi connectivity index (χ4v) is 2.76. The Morgan fingerprint density at radius 3 is 2.45 bits per heavy atom. The zero-order valence-corrected chi connectivity index (χ0v) is 14.4. The normalized spacial score (nSPS) is 16.1. The lowest BCUT2D eigenvalue weighted by Gasteiger charge is -2.35.